The van der Waals surface area contributed by atoms with E-state index in [1.807, 2.05) is 38.1 Å². The molecule has 0 aromatic heterocycles. The van der Waals surface area contributed by atoms with Crippen LogP contribution in [0.25, 0.3) is 0 Å². The molecule has 1 aromatic carbocycles. The lowest BCUT2D eigenvalue weighted by Crippen LogP contribution is -2.38. The Balaban J connectivity index is 2.34. The summed E-state index contributed by atoms with van der Waals surface area (Å²) in [5.41, 5.74) is 2.21. The van der Waals surface area contributed by atoms with Gasteiger partial charge in [-0.3, -0.25) is 4.79 Å². The average molecular weight is 292 g/mol. The number of esters is 1. The van der Waals surface area contributed by atoms with E-state index in [-0.39, 0.29) is 37.1 Å². The summed E-state index contributed by atoms with van der Waals surface area (Å²) in [6.45, 7) is 7.78. The minimum Gasteiger partial charge on any atom is -0.463 e. The van der Waals surface area contributed by atoms with Crippen molar-refractivity contribution in [3.8, 4) is 0 Å². The van der Waals surface area contributed by atoms with Crippen molar-refractivity contribution in [1.82, 2.24) is 10.6 Å². The molecule has 21 heavy (non-hydrogen) atoms. The molecule has 0 bridgehead atoms. The van der Waals surface area contributed by atoms with E-state index in [1.54, 1.807) is 13.8 Å². The highest BCUT2D eigenvalue weighted by Crippen LogP contribution is 2.16. The first-order chi connectivity index (χ1) is 9.90. The van der Waals surface area contributed by atoms with Gasteiger partial charge in [0.15, 0.2) is 0 Å². The summed E-state index contributed by atoms with van der Waals surface area (Å²) in [6, 6.07) is 7.52. The number of hydrogen-bond donors (Lipinski definition) is 2. The van der Waals surface area contributed by atoms with Gasteiger partial charge in [0.2, 0.25) is 0 Å². The number of carbonyl (C=O) groups excluding carboxylic acids is 2. The Morgan fingerprint density at radius 1 is 1.19 bits per heavy atom. The minimum atomic E-state index is -0.308. The Kier molecular flexibility index (Phi) is 6.72. The third kappa shape index (κ3) is 6.29. The maximum Gasteiger partial charge on any atom is 0.315 e. The van der Waals surface area contributed by atoms with Gasteiger partial charge in [0.05, 0.1) is 18.6 Å². The van der Waals surface area contributed by atoms with Gasteiger partial charge in [0.25, 0.3) is 0 Å². The van der Waals surface area contributed by atoms with E-state index in [0.29, 0.717) is 0 Å². The van der Waals surface area contributed by atoms with Crippen LogP contribution >= 0.6 is 0 Å². The fourth-order valence-corrected chi connectivity index (χ4v) is 2.00. The normalized spacial score (nSPS) is 11.9. The number of ether oxygens (including phenoxy) is 1. The monoisotopic (exact) mass is 292 g/mol. The van der Waals surface area contributed by atoms with Crippen molar-refractivity contribution in [1.29, 1.82) is 0 Å². The predicted molar refractivity (Wildman–Crippen MR) is 82.0 cm³/mol. The highest BCUT2D eigenvalue weighted by atomic mass is 16.5. The predicted octanol–water partition coefficient (Wildman–Crippen LogP) is 2.70. The molecule has 2 N–H and O–H groups in total. The molecule has 5 nitrogen and oxygen atoms in total. The van der Waals surface area contributed by atoms with Crippen LogP contribution in [0.15, 0.2) is 24.3 Å². The lowest BCUT2D eigenvalue weighted by molar-refractivity contribution is -0.147. The summed E-state index contributed by atoms with van der Waals surface area (Å²) in [5.74, 6) is -0.308. The number of benzene rings is 1. The van der Waals surface area contributed by atoms with Crippen LogP contribution in [0.4, 0.5) is 4.79 Å². The van der Waals surface area contributed by atoms with Crippen molar-refractivity contribution in [3.63, 3.8) is 0 Å². The molecule has 116 valence electrons. The molecule has 0 spiro atoms. The molecule has 1 atom stereocenters. The lowest BCUT2D eigenvalue weighted by Gasteiger charge is -2.17. The highest BCUT2D eigenvalue weighted by molar-refractivity contribution is 5.75. The second kappa shape index (κ2) is 8.29. The Labute approximate surface area is 126 Å². The zero-order chi connectivity index (χ0) is 15.8. The van der Waals surface area contributed by atoms with Crippen LogP contribution < -0.4 is 10.6 Å². The van der Waals surface area contributed by atoms with Gasteiger partial charge >= 0.3 is 12.0 Å². The van der Waals surface area contributed by atoms with E-state index in [0.717, 1.165) is 11.1 Å². The number of amides is 2. The van der Waals surface area contributed by atoms with Crippen LogP contribution in [0, 0.1) is 6.92 Å². The van der Waals surface area contributed by atoms with Crippen LogP contribution in [0.1, 0.15) is 44.4 Å². The molecule has 0 aliphatic rings. The summed E-state index contributed by atoms with van der Waals surface area (Å²) in [7, 11) is 0. The van der Waals surface area contributed by atoms with Crippen molar-refractivity contribution in [2.75, 3.05) is 6.54 Å². The Morgan fingerprint density at radius 3 is 2.48 bits per heavy atom. The molecule has 0 heterocycles. The van der Waals surface area contributed by atoms with Gasteiger partial charge in [-0.05, 0) is 38.8 Å². The molecule has 1 unspecified atom stereocenters. The topological polar surface area (TPSA) is 67.4 Å². The third-order valence-electron chi connectivity index (χ3n) is 2.98. The van der Waals surface area contributed by atoms with Gasteiger partial charge in [0, 0.05) is 6.54 Å². The van der Waals surface area contributed by atoms with E-state index >= 15 is 0 Å². The van der Waals surface area contributed by atoms with Gasteiger partial charge in [-0.2, -0.15) is 0 Å². The second-order valence-electron chi connectivity index (χ2n) is 5.27. The first-order valence-electron chi connectivity index (χ1n) is 7.19. The van der Waals surface area contributed by atoms with Crippen molar-refractivity contribution in [2.45, 2.75) is 46.3 Å². The number of carbonyl (C=O) groups is 2. The smallest absolute Gasteiger partial charge is 0.315 e. The Hall–Kier alpha value is -2.04. The molecule has 0 saturated heterocycles. The zero-order valence-corrected chi connectivity index (χ0v) is 13.1. The van der Waals surface area contributed by atoms with E-state index in [9.17, 15) is 9.59 Å². The quantitative estimate of drug-likeness (QED) is 0.792. The molecule has 5 heteroatoms. The summed E-state index contributed by atoms with van der Waals surface area (Å²) in [4.78, 5) is 23.1. The molecule has 0 aliphatic heterocycles. The third-order valence-corrected chi connectivity index (χ3v) is 2.98. The van der Waals surface area contributed by atoms with Gasteiger partial charge in [-0.1, -0.05) is 24.3 Å². The van der Waals surface area contributed by atoms with E-state index in [1.165, 1.54) is 0 Å². The van der Waals surface area contributed by atoms with Crippen LogP contribution in [-0.2, 0) is 9.53 Å². The summed E-state index contributed by atoms with van der Waals surface area (Å²) in [5, 5.41) is 5.51. The van der Waals surface area contributed by atoms with Crippen LogP contribution in [0.3, 0.4) is 0 Å². The van der Waals surface area contributed by atoms with Crippen LogP contribution in [0.2, 0.25) is 0 Å². The van der Waals surface area contributed by atoms with E-state index in [4.69, 9.17) is 4.74 Å². The molecule has 0 fully saturated rings. The van der Waals surface area contributed by atoms with Crippen LogP contribution in [-0.4, -0.2) is 24.6 Å². The zero-order valence-electron chi connectivity index (χ0n) is 13.1. The maximum atomic E-state index is 11.8. The lowest BCUT2D eigenvalue weighted by atomic mass is 10.0. The summed E-state index contributed by atoms with van der Waals surface area (Å²) < 4.78 is 4.99. The molecule has 1 aromatic rings. The molecule has 0 saturated carbocycles. The largest absolute Gasteiger partial charge is 0.463 e. The minimum absolute atomic E-state index is 0.0891. The molecule has 0 aliphatic carbocycles. The molecule has 2 amide bonds. The Bertz CT molecular complexity index is 486. The first kappa shape index (κ1) is 17.0. The number of urea groups is 1. The van der Waals surface area contributed by atoms with Crippen molar-refractivity contribution in [2.24, 2.45) is 0 Å². The van der Waals surface area contributed by atoms with E-state index < -0.39 is 0 Å². The van der Waals surface area contributed by atoms with Gasteiger partial charge in [0.1, 0.15) is 0 Å². The van der Waals surface area contributed by atoms with Crippen molar-refractivity contribution in [3.05, 3.63) is 35.4 Å². The highest BCUT2D eigenvalue weighted by Gasteiger charge is 2.11. The second-order valence-corrected chi connectivity index (χ2v) is 5.27. The van der Waals surface area contributed by atoms with Gasteiger partial charge in [-0.25, -0.2) is 4.79 Å². The summed E-state index contributed by atoms with van der Waals surface area (Å²) >= 11 is 0. The SMILES string of the molecule is Cc1ccccc1C(C)NC(=O)NCCC(=O)OC(C)C. The molecular formula is C16H24N2O3. The number of nitrogens with one attached hydrogen (secondary N) is 2. The van der Waals surface area contributed by atoms with E-state index in [2.05, 4.69) is 10.6 Å². The number of hydrogen-bond acceptors (Lipinski definition) is 3. The van der Waals surface area contributed by atoms with Crippen LogP contribution in [0.5, 0.6) is 0 Å². The number of aryl methyl sites for hydroxylation is 1. The van der Waals surface area contributed by atoms with Crippen molar-refractivity contribution >= 4 is 12.0 Å². The van der Waals surface area contributed by atoms with Crippen molar-refractivity contribution < 1.29 is 14.3 Å². The number of rotatable bonds is 6. The van der Waals surface area contributed by atoms with Gasteiger partial charge < -0.3 is 15.4 Å². The first-order valence-corrected chi connectivity index (χ1v) is 7.19. The fourth-order valence-electron chi connectivity index (χ4n) is 2.00. The fraction of sp³-hybridized carbons (Fsp3) is 0.500. The summed E-state index contributed by atoms with van der Waals surface area (Å²) in [6.07, 6.45) is 0.0389. The molecule has 1 rings (SSSR count). The standard InChI is InChI=1S/C16H24N2O3/c1-11(2)21-15(19)9-10-17-16(20)18-13(4)14-8-6-5-7-12(14)3/h5-8,11,13H,9-10H2,1-4H3,(H2,17,18,20). The molecular weight excluding hydrogens is 268 g/mol. The van der Waals surface area contributed by atoms with Gasteiger partial charge in [-0.15, -0.1) is 0 Å². The average Bonchev–Trinajstić information content (AvgIpc) is 2.38. The Morgan fingerprint density at radius 2 is 1.86 bits per heavy atom. The molecule has 0 radical (unpaired) electrons. The maximum absolute atomic E-state index is 11.8.